The molecule has 39 heavy (non-hydrogen) atoms. The summed E-state index contributed by atoms with van der Waals surface area (Å²) in [4.78, 5) is 0. The molecule has 1 aliphatic rings. The van der Waals surface area contributed by atoms with Crippen LogP contribution in [0.3, 0.4) is 0 Å². The van der Waals surface area contributed by atoms with E-state index in [4.69, 9.17) is 0 Å². The molecule has 1 heterocycles. The quantitative estimate of drug-likeness (QED) is 0.0687. The number of unbranched alkanes of at least 4 members (excludes halogenated alkanes) is 26. The van der Waals surface area contributed by atoms with Crippen LogP contribution < -0.4 is 0 Å². The van der Waals surface area contributed by atoms with Gasteiger partial charge >= 0.3 is 0 Å². The monoisotopic (exact) mass is 553 g/mol. The molecule has 0 aromatic heterocycles. The van der Waals surface area contributed by atoms with Gasteiger partial charge in [0.05, 0.1) is 13.1 Å². The number of quaternary nitrogens is 1. The van der Waals surface area contributed by atoms with Crippen LogP contribution in [0.25, 0.3) is 0 Å². The molecule has 0 saturated carbocycles. The molecule has 3 heteroatoms. The second kappa shape index (κ2) is 26.8. The SMILES string of the molecule is CCCCCCCCCCCCCCCC[N+]1(CCCCCCCCCCCCCCCC)CC(O)C(O)C1. The topological polar surface area (TPSA) is 40.5 Å². The van der Waals surface area contributed by atoms with Crippen LogP contribution in [0.2, 0.25) is 0 Å². The standard InChI is InChI=1S/C36H74NO2/c1-3-5-7-9-11-13-15-17-19-21-23-25-27-29-31-37(33-35(38)36(39)34-37)32-30-28-26-24-22-20-18-16-14-12-10-8-6-4-2/h35-36,38-39H,3-34H2,1-2H3/q+1. The summed E-state index contributed by atoms with van der Waals surface area (Å²) in [6, 6.07) is 0. The average molecular weight is 553 g/mol. The number of rotatable bonds is 30. The number of likely N-dealkylation sites (tertiary alicyclic amines) is 1. The van der Waals surface area contributed by atoms with Gasteiger partial charge in [-0.3, -0.25) is 0 Å². The van der Waals surface area contributed by atoms with E-state index in [2.05, 4.69) is 13.8 Å². The zero-order chi connectivity index (χ0) is 28.3. The minimum atomic E-state index is -0.511. The molecule has 2 N–H and O–H groups in total. The summed E-state index contributed by atoms with van der Waals surface area (Å²) < 4.78 is 0.971. The van der Waals surface area contributed by atoms with Gasteiger partial charge in [0, 0.05) is 0 Å². The van der Waals surface area contributed by atoms with Crippen molar-refractivity contribution in [3.05, 3.63) is 0 Å². The van der Waals surface area contributed by atoms with Crippen molar-refractivity contribution in [3.8, 4) is 0 Å². The second-order valence-corrected chi connectivity index (χ2v) is 13.5. The molecule has 2 atom stereocenters. The zero-order valence-corrected chi connectivity index (χ0v) is 27.1. The van der Waals surface area contributed by atoms with Gasteiger partial charge in [-0.15, -0.1) is 0 Å². The maximum Gasteiger partial charge on any atom is 0.134 e. The highest BCUT2D eigenvalue weighted by molar-refractivity contribution is 4.75. The largest absolute Gasteiger partial charge is 0.384 e. The highest BCUT2D eigenvalue weighted by atomic mass is 16.3. The summed E-state index contributed by atoms with van der Waals surface area (Å²) in [6.07, 6.45) is 38.1. The van der Waals surface area contributed by atoms with Gasteiger partial charge in [0.15, 0.2) is 0 Å². The minimum absolute atomic E-state index is 0.511. The molecular formula is C36H74NO2+. The Morgan fingerprint density at radius 2 is 0.564 bits per heavy atom. The van der Waals surface area contributed by atoms with E-state index in [1.165, 1.54) is 180 Å². The van der Waals surface area contributed by atoms with Gasteiger partial charge in [0.25, 0.3) is 0 Å². The summed E-state index contributed by atoms with van der Waals surface area (Å²) in [7, 11) is 0. The number of aliphatic hydroxyl groups is 2. The van der Waals surface area contributed by atoms with Gasteiger partial charge in [-0.25, -0.2) is 0 Å². The molecule has 2 unspecified atom stereocenters. The van der Waals surface area contributed by atoms with Gasteiger partial charge in [-0.1, -0.05) is 168 Å². The van der Waals surface area contributed by atoms with E-state index in [9.17, 15) is 10.2 Å². The first-order valence-electron chi connectivity index (χ1n) is 18.3. The number of hydrogen-bond acceptors (Lipinski definition) is 2. The van der Waals surface area contributed by atoms with Crippen molar-refractivity contribution >= 4 is 0 Å². The Morgan fingerprint density at radius 3 is 0.795 bits per heavy atom. The molecule has 0 aliphatic carbocycles. The van der Waals surface area contributed by atoms with Crippen LogP contribution in [-0.4, -0.2) is 53.1 Å². The molecule has 0 amide bonds. The van der Waals surface area contributed by atoms with Crippen molar-refractivity contribution in [1.29, 1.82) is 0 Å². The molecule has 1 saturated heterocycles. The predicted octanol–water partition coefficient (Wildman–Crippen LogP) is 10.5. The summed E-state index contributed by atoms with van der Waals surface area (Å²) in [5.41, 5.74) is 0. The molecule has 234 valence electrons. The maximum absolute atomic E-state index is 10.3. The average Bonchev–Trinajstić information content (AvgIpc) is 3.21. The van der Waals surface area contributed by atoms with Gasteiger partial charge < -0.3 is 14.7 Å². The number of nitrogens with zero attached hydrogens (tertiary/aromatic N) is 1. The molecule has 0 bridgehead atoms. The first-order chi connectivity index (χ1) is 19.1. The maximum atomic E-state index is 10.3. The van der Waals surface area contributed by atoms with E-state index in [1.54, 1.807) is 0 Å². The lowest BCUT2D eigenvalue weighted by molar-refractivity contribution is -0.919. The summed E-state index contributed by atoms with van der Waals surface area (Å²) in [5.74, 6) is 0. The van der Waals surface area contributed by atoms with E-state index < -0.39 is 12.2 Å². The van der Waals surface area contributed by atoms with Crippen LogP contribution in [0, 0.1) is 0 Å². The third-order valence-electron chi connectivity index (χ3n) is 9.56. The van der Waals surface area contributed by atoms with Crippen LogP contribution in [0.15, 0.2) is 0 Å². The van der Waals surface area contributed by atoms with Crippen molar-refractivity contribution in [2.24, 2.45) is 0 Å². The van der Waals surface area contributed by atoms with Gasteiger partial charge in [-0.05, 0) is 25.7 Å². The lowest BCUT2D eigenvalue weighted by atomic mass is 10.0. The Hall–Kier alpha value is -0.120. The summed E-state index contributed by atoms with van der Waals surface area (Å²) in [6.45, 7) is 8.45. The number of hydrogen-bond donors (Lipinski definition) is 2. The van der Waals surface area contributed by atoms with Gasteiger partial charge in [0.2, 0.25) is 0 Å². The molecule has 0 spiro atoms. The van der Waals surface area contributed by atoms with Crippen LogP contribution in [-0.2, 0) is 0 Å². The Labute approximate surface area is 246 Å². The lowest BCUT2D eigenvalue weighted by Crippen LogP contribution is -2.48. The predicted molar refractivity (Wildman–Crippen MR) is 172 cm³/mol. The lowest BCUT2D eigenvalue weighted by Gasteiger charge is -2.34. The van der Waals surface area contributed by atoms with Crippen molar-refractivity contribution in [2.75, 3.05) is 26.2 Å². The number of aliphatic hydroxyl groups excluding tert-OH is 2. The van der Waals surface area contributed by atoms with Crippen molar-refractivity contribution in [3.63, 3.8) is 0 Å². The van der Waals surface area contributed by atoms with Gasteiger partial charge in [0.1, 0.15) is 25.3 Å². The van der Waals surface area contributed by atoms with E-state index in [1.807, 2.05) is 0 Å². The molecule has 3 nitrogen and oxygen atoms in total. The molecule has 0 aromatic carbocycles. The molecule has 1 rings (SSSR count). The molecule has 0 radical (unpaired) electrons. The molecule has 1 fully saturated rings. The fraction of sp³-hybridized carbons (Fsp3) is 1.00. The van der Waals surface area contributed by atoms with Crippen molar-refractivity contribution in [1.82, 2.24) is 0 Å². The fourth-order valence-corrected chi connectivity index (χ4v) is 6.87. The molecule has 0 aromatic rings. The minimum Gasteiger partial charge on any atom is -0.384 e. The molecule has 1 aliphatic heterocycles. The molecular weight excluding hydrogens is 478 g/mol. The van der Waals surface area contributed by atoms with Crippen molar-refractivity contribution < 1.29 is 14.7 Å². The van der Waals surface area contributed by atoms with E-state index in [0.717, 1.165) is 30.7 Å². The van der Waals surface area contributed by atoms with E-state index >= 15 is 0 Å². The first kappa shape index (κ1) is 36.9. The van der Waals surface area contributed by atoms with Gasteiger partial charge in [-0.2, -0.15) is 0 Å². The fourth-order valence-electron chi connectivity index (χ4n) is 6.87. The van der Waals surface area contributed by atoms with Crippen LogP contribution in [0.4, 0.5) is 0 Å². The summed E-state index contributed by atoms with van der Waals surface area (Å²) in [5, 5.41) is 20.6. The second-order valence-electron chi connectivity index (χ2n) is 13.5. The van der Waals surface area contributed by atoms with Crippen LogP contribution in [0.5, 0.6) is 0 Å². The Bertz CT molecular complexity index is 452. The van der Waals surface area contributed by atoms with Crippen molar-refractivity contribution in [2.45, 2.75) is 206 Å². The Balaban J connectivity index is 2.00. The third kappa shape index (κ3) is 21.3. The van der Waals surface area contributed by atoms with Crippen LogP contribution in [0.1, 0.15) is 194 Å². The third-order valence-corrected chi connectivity index (χ3v) is 9.56. The van der Waals surface area contributed by atoms with E-state index in [-0.39, 0.29) is 0 Å². The Morgan fingerprint density at radius 1 is 0.359 bits per heavy atom. The summed E-state index contributed by atoms with van der Waals surface area (Å²) >= 11 is 0. The van der Waals surface area contributed by atoms with E-state index in [0.29, 0.717) is 0 Å². The Kier molecular flexibility index (Phi) is 25.3. The van der Waals surface area contributed by atoms with Crippen LogP contribution >= 0.6 is 0 Å². The smallest absolute Gasteiger partial charge is 0.134 e. The highest BCUT2D eigenvalue weighted by Crippen LogP contribution is 2.24. The first-order valence-corrected chi connectivity index (χ1v) is 18.3. The highest BCUT2D eigenvalue weighted by Gasteiger charge is 2.42. The normalized spacial score (nSPS) is 18.8. The zero-order valence-electron chi connectivity index (χ0n) is 27.1.